The molecule has 0 aliphatic carbocycles. The summed E-state index contributed by atoms with van der Waals surface area (Å²) in [6, 6.07) is 11.2. The molecule has 1 N–H and O–H groups in total. The number of para-hydroxylation sites is 1. The van der Waals surface area contributed by atoms with Gasteiger partial charge >= 0.3 is 5.97 Å². The first kappa shape index (κ1) is 21.3. The molecule has 0 fully saturated rings. The first-order valence-electron chi connectivity index (χ1n) is 9.40. The van der Waals surface area contributed by atoms with Crippen LogP contribution in [0.2, 0.25) is 0 Å². The van der Waals surface area contributed by atoms with E-state index in [1.165, 1.54) is 20.3 Å². The summed E-state index contributed by atoms with van der Waals surface area (Å²) < 4.78 is 15.3. The second kappa shape index (κ2) is 8.54. The Morgan fingerprint density at radius 3 is 2.50 bits per heavy atom. The zero-order chi connectivity index (χ0) is 21.9. The minimum Gasteiger partial charge on any atom is -0.497 e. The van der Waals surface area contributed by atoms with Gasteiger partial charge in [0.1, 0.15) is 18.0 Å². The normalized spacial score (nSPS) is 17.5. The van der Waals surface area contributed by atoms with E-state index in [4.69, 9.17) is 14.2 Å². The molecule has 2 aromatic carbocycles. The summed E-state index contributed by atoms with van der Waals surface area (Å²) in [5.41, 5.74) is -1.31. The maximum Gasteiger partial charge on any atom is 0.326 e. The van der Waals surface area contributed by atoms with Gasteiger partial charge in [-0.15, -0.1) is 0 Å². The fraction of sp³-hybridized carbons (Fsp3) is 0.318. The smallest absolute Gasteiger partial charge is 0.326 e. The van der Waals surface area contributed by atoms with E-state index in [0.29, 0.717) is 17.2 Å². The number of aliphatic hydroxyl groups is 1. The van der Waals surface area contributed by atoms with Crippen molar-refractivity contribution in [3.63, 3.8) is 0 Å². The van der Waals surface area contributed by atoms with Crippen molar-refractivity contribution in [2.75, 3.05) is 32.3 Å². The lowest BCUT2D eigenvalue weighted by Gasteiger charge is -2.22. The SMILES string of the molecule is CCOC(=O)CN1C(=O)C(O)(CC(=O)c2cc(OC)ccc2OC)c2ccccc21. The monoisotopic (exact) mass is 413 g/mol. The number of Topliss-reactive ketones (excluding diaryl/α,β-unsaturated/α-hetero) is 1. The third kappa shape index (κ3) is 3.73. The first-order valence-corrected chi connectivity index (χ1v) is 9.40. The molecule has 30 heavy (non-hydrogen) atoms. The summed E-state index contributed by atoms with van der Waals surface area (Å²) in [6.07, 6.45) is -0.522. The number of methoxy groups -OCH3 is 2. The van der Waals surface area contributed by atoms with E-state index in [9.17, 15) is 19.5 Å². The Morgan fingerprint density at radius 1 is 1.10 bits per heavy atom. The molecule has 8 nitrogen and oxygen atoms in total. The van der Waals surface area contributed by atoms with Crippen molar-refractivity contribution in [3.8, 4) is 11.5 Å². The molecule has 0 radical (unpaired) electrons. The van der Waals surface area contributed by atoms with Gasteiger partial charge in [0, 0.05) is 5.56 Å². The number of fused-ring (bicyclic) bond motifs is 1. The van der Waals surface area contributed by atoms with Gasteiger partial charge in [0.15, 0.2) is 11.4 Å². The lowest BCUT2D eigenvalue weighted by Crippen LogP contribution is -2.44. The predicted octanol–water partition coefficient (Wildman–Crippen LogP) is 2.07. The van der Waals surface area contributed by atoms with Crippen LogP contribution in [-0.4, -0.2) is 50.1 Å². The van der Waals surface area contributed by atoms with Crippen LogP contribution in [-0.2, 0) is 19.9 Å². The summed E-state index contributed by atoms with van der Waals surface area (Å²) >= 11 is 0. The van der Waals surface area contributed by atoms with Gasteiger partial charge in [-0.3, -0.25) is 19.3 Å². The summed E-state index contributed by atoms with van der Waals surface area (Å²) in [6.45, 7) is 1.47. The minimum absolute atomic E-state index is 0.168. The Balaban J connectivity index is 1.96. The highest BCUT2D eigenvalue weighted by atomic mass is 16.5. The van der Waals surface area contributed by atoms with Crippen LogP contribution in [0.1, 0.15) is 29.3 Å². The van der Waals surface area contributed by atoms with Gasteiger partial charge < -0.3 is 19.3 Å². The molecule has 1 amide bonds. The number of rotatable bonds is 8. The molecule has 3 rings (SSSR count). The van der Waals surface area contributed by atoms with E-state index >= 15 is 0 Å². The van der Waals surface area contributed by atoms with Crippen molar-refractivity contribution < 1.29 is 33.7 Å². The number of anilines is 1. The Kier molecular flexibility index (Phi) is 6.07. The highest BCUT2D eigenvalue weighted by Gasteiger charge is 2.51. The summed E-state index contributed by atoms with van der Waals surface area (Å²) in [4.78, 5) is 39.3. The van der Waals surface area contributed by atoms with Crippen molar-refractivity contribution in [1.29, 1.82) is 0 Å². The maximum atomic E-state index is 13.1. The Morgan fingerprint density at radius 2 is 1.83 bits per heavy atom. The van der Waals surface area contributed by atoms with Gasteiger partial charge in [0.05, 0.1) is 38.5 Å². The predicted molar refractivity (Wildman–Crippen MR) is 108 cm³/mol. The highest BCUT2D eigenvalue weighted by molar-refractivity contribution is 6.12. The fourth-order valence-electron chi connectivity index (χ4n) is 3.53. The molecule has 8 heteroatoms. The third-order valence-electron chi connectivity index (χ3n) is 4.96. The zero-order valence-corrected chi connectivity index (χ0v) is 17.0. The number of carbonyl (C=O) groups excluding carboxylic acids is 3. The van der Waals surface area contributed by atoms with E-state index in [0.717, 1.165) is 4.90 Å². The average molecular weight is 413 g/mol. The molecule has 2 aromatic rings. The van der Waals surface area contributed by atoms with Crippen LogP contribution in [0.5, 0.6) is 11.5 Å². The molecule has 1 aliphatic rings. The summed E-state index contributed by atoms with van der Waals surface area (Å²) in [5, 5.41) is 11.3. The second-order valence-corrected chi connectivity index (χ2v) is 6.74. The van der Waals surface area contributed by atoms with Gasteiger partial charge in [0.25, 0.3) is 5.91 Å². The van der Waals surface area contributed by atoms with Crippen LogP contribution >= 0.6 is 0 Å². The zero-order valence-electron chi connectivity index (χ0n) is 17.0. The number of ether oxygens (including phenoxy) is 3. The number of nitrogens with zero attached hydrogens (tertiary/aromatic N) is 1. The molecule has 1 heterocycles. The van der Waals surface area contributed by atoms with Crippen molar-refractivity contribution >= 4 is 23.3 Å². The lowest BCUT2D eigenvalue weighted by molar-refractivity contribution is -0.144. The van der Waals surface area contributed by atoms with Crippen molar-refractivity contribution in [2.45, 2.75) is 18.9 Å². The van der Waals surface area contributed by atoms with Gasteiger partial charge in [-0.05, 0) is 31.2 Å². The van der Waals surface area contributed by atoms with Crippen LogP contribution in [0.15, 0.2) is 42.5 Å². The largest absolute Gasteiger partial charge is 0.497 e. The van der Waals surface area contributed by atoms with Gasteiger partial charge in [-0.2, -0.15) is 0 Å². The lowest BCUT2D eigenvalue weighted by atomic mass is 9.88. The molecule has 0 bridgehead atoms. The molecule has 1 aliphatic heterocycles. The Bertz CT molecular complexity index is 987. The van der Waals surface area contributed by atoms with E-state index in [-0.39, 0.29) is 24.3 Å². The van der Waals surface area contributed by atoms with Crippen molar-refractivity contribution in [2.24, 2.45) is 0 Å². The van der Waals surface area contributed by atoms with Crippen LogP contribution in [0, 0.1) is 0 Å². The maximum absolute atomic E-state index is 13.1. The van der Waals surface area contributed by atoms with E-state index < -0.39 is 29.7 Å². The van der Waals surface area contributed by atoms with Crippen LogP contribution in [0.3, 0.4) is 0 Å². The number of amides is 1. The molecular weight excluding hydrogens is 390 g/mol. The van der Waals surface area contributed by atoms with E-state index in [1.54, 1.807) is 43.3 Å². The standard InChI is InChI=1S/C22H23NO7/c1-4-30-20(25)13-23-17-8-6-5-7-16(17)22(27,21(23)26)12-18(24)15-11-14(28-2)9-10-19(15)29-3/h5-11,27H,4,12-13H2,1-3H3. The molecule has 1 unspecified atom stereocenters. The summed E-state index contributed by atoms with van der Waals surface area (Å²) in [7, 11) is 2.89. The van der Waals surface area contributed by atoms with Gasteiger partial charge in [-0.25, -0.2) is 0 Å². The highest BCUT2D eigenvalue weighted by Crippen LogP contribution is 2.43. The molecule has 0 spiro atoms. The molecular formula is C22H23NO7. The Hall–Kier alpha value is -3.39. The number of hydrogen-bond acceptors (Lipinski definition) is 7. The van der Waals surface area contributed by atoms with Crippen molar-refractivity contribution in [1.82, 2.24) is 0 Å². The Labute approximate surface area is 174 Å². The first-order chi connectivity index (χ1) is 14.3. The number of hydrogen-bond donors (Lipinski definition) is 1. The van der Waals surface area contributed by atoms with Gasteiger partial charge in [0.2, 0.25) is 0 Å². The van der Waals surface area contributed by atoms with Crippen LogP contribution in [0.4, 0.5) is 5.69 Å². The topological polar surface area (TPSA) is 102 Å². The van der Waals surface area contributed by atoms with Crippen LogP contribution < -0.4 is 14.4 Å². The average Bonchev–Trinajstić information content (AvgIpc) is 2.95. The number of carbonyl (C=O) groups is 3. The second-order valence-electron chi connectivity index (χ2n) is 6.74. The molecule has 158 valence electrons. The molecule has 0 saturated carbocycles. The number of esters is 1. The van der Waals surface area contributed by atoms with E-state index in [1.807, 2.05) is 0 Å². The summed E-state index contributed by atoms with van der Waals surface area (Å²) in [5.74, 6) is -1.13. The number of ketones is 1. The molecule has 0 saturated heterocycles. The quantitative estimate of drug-likeness (QED) is 0.522. The van der Waals surface area contributed by atoms with Gasteiger partial charge in [-0.1, -0.05) is 18.2 Å². The number of benzene rings is 2. The fourth-order valence-corrected chi connectivity index (χ4v) is 3.53. The third-order valence-corrected chi connectivity index (χ3v) is 4.96. The van der Waals surface area contributed by atoms with Crippen LogP contribution in [0.25, 0.3) is 0 Å². The minimum atomic E-state index is -2.12. The van der Waals surface area contributed by atoms with Crippen molar-refractivity contribution in [3.05, 3.63) is 53.6 Å². The van der Waals surface area contributed by atoms with E-state index in [2.05, 4.69) is 0 Å². The molecule has 1 atom stereocenters. The molecule has 0 aromatic heterocycles.